The van der Waals surface area contributed by atoms with Crippen LogP contribution in [-0.4, -0.2) is 42.2 Å². The highest BCUT2D eigenvalue weighted by Crippen LogP contribution is 2.32. The molecular formula is C18H16ClN3O2S. The van der Waals surface area contributed by atoms with Gasteiger partial charge in [-0.1, -0.05) is 29.8 Å². The van der Waals surface area contributed by atoms with Gasteiger partial charge in [0.05, 0.1) is 39.2 Å². The van der Waals surface area contributed by atoms with E-state index < -0.39 is 0 Å². The maximum Gasteiger partial charge on any atom is 0.266 e. The van der Waals surface area contributed by atoms with Crippen molar-refractivity contribution in [2.75, 3.05) is 26.3 Å². The second kappa shape index (κ2) is 7.09. The predicted octanol–water partition coefficient (Wildman–Crippen LogP) is 3.59. The van der Waals surface area contributed by atoms with E-state index in [0.717, 1.165) is 21.5 Å². The van der Waals surface area contributed by atoms with E-state index in [1.165, 1.54) is 11.3 Å². The number of aromatic nitrogens is 1. The fraction of sp³-hybridized carbons (Fsp3) is 0.222. The fourth-order valence-electron chi connectivity index (χ4n) is 2.82. The Morgan fingerprint density at radius 1 is 1.20 bits per heavy atom. The molecule has 5 nitrogen and oxygen atoms in total. The lowest BCUT2D eigenvalue weighted by Crippen LogP contribution is -2.48. The van der Waals surface area contributed by atoms with Gasteiger partial charge in [0.15, 0.2) is 0 Å². The molecule has 1 fully saturated rings. The van der Waals surface area contributed by atoms with Crippen molar-refractivity contribution in [2.45, 2.75) is 0 Å². The van der Waals surface area contributed by atoms with E-state index in [2.05, 4.69) is 10.4 Å². The second-order valence-electron chi connectivity index (χ2n) is 5.72. The molecule has 0 radical (unpaired) electrons. The fourth-order valence-corrected chi connectivity index (χ4v) is 3.82. The normalized spacial score (nSPS) is 15.4. The highest BCUT2D eigenvalue weighted by molar-refractivity contribution is 7.19. The predicted molar refractivity (Wildman–Crippen MR) is 99.9 cm³/mol. The Balaban J connectivity index is 1.74. The lowest BCUT2D eigenvalue weighted by Gasteiger charge is -2.27. The van der Waals surface area contributed by atoms with Gasteiger partial charge in [0, 0.05) is 18.5 Å². The van der Waals surface area contributed by atoms with E-state index in [0.29, 0.717) is 36.2 Å². The van der Waals surface area contributed by atoms with Gasteiger partial charge in [0.25, 0.3) is 5.91 Å². The van der Waals surface area contributed by atoms with E-state index in [1.54, 1.807) is 0 Å². The smallest absolute Gasteiger partial charge is 0.266 e. The third-order valence-corrected chi connectivity index (χ3v) is 5.31. The zero-order chi connectivity index (χ0) is 17.2. The van der Waals surface area contributed by atoms with Crippen LogP contribution in [0.2, 0.25) is 4.34 Å². The van der Waals surface area contributed by atoms with Crippen LogP contribution in [0.5, 0.6) is 0 Å². The summed E-state index contributed by atoms with van der Waals surface area (Å²) in [6.07, 6.45) is 0. The number of hydrogen-bond donors (Lipinski definition) is 1. The lowest BCUT2D eigenvalue weighted by molar-refractivity contribution is 0.0127. The number of hydrogen-bond acceptors (Lipinski definition) is 5. The van der Waals surface area contributed by atoms with Gasteiger partial charge >= 0.3 is 0 Å². The molecule has 0 saturated carbocycles. The molecular weight excluding hydrogens is 358 g/mol. The maximum absolute atomic E-state index is 12.9. The molecule has 128 valence electrons. The molecule has 1 aliphatic heterocycles. The van der Waals surface area contributed by atoms with Gasteiger partial charge in [-0.2, -0.15) is 0 Å². The zero-order valence-corrected chi connectivity index (χ0v) is 14.9. The first-order valence-corrected chi connectivity index (χ1v) is 9.19. The van der Waals surface area contributed by atoms with E-state index in [4.69, 9.17) is 16.3 Å². The Bertz CT molecular complexity index is 922. The Morgan fingerprint density at radius 2 is 2.00 bits per heavy atom. The van der Waals surface area contributed by atoms with Crippen LogP contribution in [-0.2, 0) is 4.74 Å². The third kappa shape index (κ3) is 3.52. The molecule has 3 heterocycles. The van der Waals surface area contributed by atoms with Crippen LogP contribution in [0.1, 0.15) is 10.4 Å². The molecule has 1 saturated heterocycles. The van der Waals surface area contributed by atoms with Crippen molar-refractivity contribution in [3.05, 3.63) is 52.4 Å². The number of carbonyl (C=O) groups excluding carboxylic acids is 1. The van der Waals surface area contributed by atoms with Gasteiger partial charge in [-0.05, 0) is 24.3 Å². The molecule has 1 aromatic carbocycles. The molecule has 0 unspecified atom stereocenters. The van der Waals surface area contributed by atoms with Gasteiger partial charge in [0.2, 0.25) is 0 Å². The number of thiophene rings is 1. The number of halogens is 1. The molecule has 0 atom stereocenters. The van der Waals surface area contributed by atoms with Crippen molar-refractivity contribution < 1.29 is 9.53 Å². The highest BCUT2D eigenvalue weighted by Gasteiger charge is 2.18. The number of para-hydroxylation sites is 1. The van der Waals surface area contributed by atoms with Crippen molar-refractivity contribution in [3.63, 3.8) is 0 Å². The van der Waals surface area contributed by atoms with E-state index in [-0.39, 0.29) is 5.91 Å². The Kier molecular flexibility index (Phi) is 4.67. The summed E-state index contributed by atoms with van der Waals surface area (Å²) in [7, 11) is 0. The number of pyridine rings is 1. The van der Waals surface area contributed by atoms with Crippen molar-refractivity contribution in [1.82, 2.24) is 15.4 Å². The summed E-state index contributed by atoms with van der Waals surface area (Å²) in [6, 6.07) is 13.3. The number of fused-ring (bicyclic) bond motifs is 1. The number of nitrogens with one attached hydrogen (secondary N) is 1. The first-order chi connectivity index (χ1) is 12.2. The van der Waals surface area contributed by atoms with E-state index >= 15 is 0 Å². The third-order valence-electron chi connectivity index (χ3n) is 4.06. The number of rotatable bonds is 3. The standard InChI is InChI=1S/C18H16ClN3O2S/c19-17-6-5-16(25-17)15-11-13(12-3-1-2-4-14(12)20-15)18(23)21-22-7-9-24-10-8-22/h1-6,11H,7-10H2,(H,21,23). The minimum Gasteiger partial charge on any atom is -0.379 e. The summed E-state index contributed by atoms with van der Waals surface area (Å²) in [5.41, 5.74) is 5.12. The molecule has 1 N–H and O–H groups in total. The van der Waals surface area contributed by atoms with E-state index in [1.807, 2.05) is 47.5 Å². The van der Waals surface area contributed by atoms with Crippen LogP contribution >= 0.6 is 22.9 Å². The van der Waals surface area contributed by atoms with Crippen molar-refractivity contribution in [2.24, 2.45) is 0 Å². The number of amides is 1. The minimum absolute atomic E-state index is 0.135. The average Bonchev–Trinajstić information content (AvgIpc) is 3.08. The van der Waals surface area contributed by atoms with Crippen LogP contribution < -0.4 is 5.43 Å². The first kappa shape index (κ1) is 16.5. The number of ether oxygens (including phenoxy) is 1. The lowest BCUT2D eigenvalue weighted by atomic mass is 10.1. The van der Waals surface area contributed by atoms with Crippen LogP contribution in [0, 0.1) is 0 Å². The monoisotopic (exact) mass is 373 g/mol. The molecule has 25 heavy (non-hydrogen) atoms. The first-order valence-electron chi connectivity index (χ1n) is 8.00. The molecule has 2 aromatic heterocycles. The van der Waals surface area contributed by atoms with Gasteiger partial charge < -0.3 is 4.74 Å². The second-order valence-corrected chi connectivity index (χ2v) is 7.43. The Morgan fingerprint density at radius 3 is 2.76 bits per heavy atom. The number of benzene rings is 1. The van der Waals surface area contributed by atoms with Crippen LogP contribution in [0.25, 0.3) is 21.5 Å². The summed E-state index contributed by atoms with van der Waals surface area (Å²) >= 11 is 7.50. The summed E-state index contributed by atoms with van der Waals surface area (Å²) in [5.74, 6) is -0.135. The molecule has 0 aliphatic carbocycles. The summed E-state index contributed by atoms with van der Waals surface area (Å²) in [4.78, 5) is 18.5. The zero-order valence-electron chi connectivity index (χ0n) is 13.4. The van der Waals surface area contributed by atoms with Gasteiger partial charge in [-0.15, -0.1) is 11.3 Å². The number of carbonyl (C=O) groups is 1. The number of nitrogens with zero attached hydrogens (tertiary/aromatic N) is 2. The topological polar surface area (TPSA) is 54.5 Å². The minimum atomic E-state index is -0.135. The Labute approximate surface area is 154 Å². The van der Waals surface area contributed by atoms with Gasteiger partial charge in [-0.3, -0.25) is 10.2 Å². The average molecular weight is 374 g/mol. The molecule has 1 aliphatic rings. The molecule has 0 spiro atoms. The molecule has 3 aromatic rings. The van der Waals surface area contributed by atoms with Crippen LogP contribution in [0.3, 0.4) is 0 Å². The maximum atomic E-state index is 12.9. The molecule has 0 bridgehead atoms. The van der Waals surface area contributed by atoms with Crippen LogP contribution in [0.4, 0.5) is 0 Å². The molecule has 4 rings (SSSR count). The molecule has 7 heteroatoms. The molecule has 1 amide bonds. The Hall–Kier alpha value is -1.99. The summed E-state index contributed by atoms with van der Waals surface area (Å²) in [6.45, 7) is 2.61. The van der Waals surface area contributed by atoms with Crippen LogP contribution in [0.15, 0.2) is 42.5 Å². The quantitative estimate of drug-likeness (QED) is 0.762. The number of morpholine rings is 1. The SMILES string of the molecule is O=C(NN1CCOCC1)c1cc(-c2ccc(Cl)s2)nc2ccccc12. The van der Waals surface area contributed by atoms with Gasteiger partial charge in [-0.25, -0.2) is 9.99 Å². The largest absolute Gasteiger partial charge is 0.379 e. The summed E-state index contributed by atoms with van der Waals surface area (Å²) < 4.78 is 6.02. The highest BCUT2D eigenvalue weighted by atomic mass is 35.5. The van der Waals surface area contributed by atoms with Gasteiger partial charge in [0.1, 0.15) is 0 Å². The van der Waals surface area contributed by atoms with Crippen molar-refractivity contribution in [3.8, 4) is 10.6 Å². The van der Waals surface area contributed by atoms with Crippen molar-refractivity contribution >= 4 is 39.7 Å². The van der Waals surface area contributed by atoms with E-state index in [9.17, 15) is 4.79 Å². The van der Waals surface area contributed by atoms with Crippen molar-refractivity contribution in [1.29, 1.82) is 0 Å². The summed E-state index contributed by atoms with van der Waals surface area (Å²) in [5, 5.41) is 2.72. The number of hydrazine groups is 1.